The molecule has 0 saturated heterocycles. The molecule has 0 aliphatic carbocycles. The van der Waals surface area contributed by atoms with Gasteiger partial charge in [-0.15, -0.1) is 0 Å². The first-order chi connectivity index (χ1) is 18.5. The van der Waals surface area contributed by atoms with Crippen LogP contribution in [0.25, 0.3) is 10.9 Å². The predicted molar refractivity (Wildman–Crippen MR) is 132 cm³/mol. The Morgan fingerprint density at radius 2 is 1.97 bits per heavy atom. The van der Waals surface area contributed by atoms with Crippen LogP contribution in [0.3, 0.4) is 0 Å². The summed E-state index contributed by atoms with van der Waals surface area (Å²) in [4.78, 5) is 40.9. The molecule has 1 aromatic heterocycles. The normalized spacial score (nSPS) is 16.1. The number of carbonyl (C=O) groups is 3. The molecule has 6 N–H and O–H groups in total. The molecular weight excluding hydrogens is 526 g/mol. The van der Waals surface area contributed by atoms with E-state index in [4.69, 9.17) is 0 Å². The molecule has 1 unspecified atom stereocenters. The number of H-pyrrole nitrogens is 1. The summed E-state index contributed by atoms with van der Waals surface area (Å²) < 4.78 is 52.6. The largest absolute Gasteiger partial charge is 0.481 e. The highest BCUT2D eigenvalue weighted by atomic mass is 19.4. The molecule has 15 heteroatoms. The average molecular weight is 549 g/mol. The van der Waals surface area contributed by atoms with Gasteiger partial charge in [0.1, 0.15) is 6.17 Å². The molecule has 2 amide bonds. The summed E-state index contributed by atoms with van der Waals surface area (Å²) in [5, 5.41) is 26.8. The van der Waals surface area contributed by atoms with E-state index in [9.17, 15) is 37.1 Å². The molecule has 2 atom stereocenters. The van der Waals surface area contributed by atoms with Crippen molar-refractivity contribution in [3.63, 3.8) is 0 Å². The van der Waals surface area contributed by atoms with Gasteiger partial charge in [0.25, 0.3) is 5.91 Å². The summed E-state index contributed by atoms with van der Waals surface area (Å²) in [5.41, 5.74) is 0.00582. The number of hydrogen-bond donors (Lipinski definition) is 6. The molecule has 0 spiro atoms. The number of guanidine groups is 1. The lowest BCUT2D eigenvalue weighted by Gasteiger charge is -2.19. The van der Waals surface area contributed by atoms with Crippen molar-refractivity contribution < 1.29 is 37.1 Å². The van der Waals surface area contributed by atoms with Gasteiger partial charge >= 0.3 is 12.1 Å². The van der Waals surface area contributed by atoms with E-state index in [1.54, 1.807) is 6.07 Å². The second-order valence-electron chi connectivity index (χ2n) is 8.67. The van der Waals surface area contributed by atoms with Crippen molar-refractivity contribution in [1.29, 1.82) is 0 Å². The number of carboxylic acids is 1. The second kappa shape index (κ2) is 11.4. The number of rotatable bonds is 8. The van der Waals surface area contributed by atoms with E-state index >= 15 is 0 Å². The van der Waals surface area contributed by atoms with Crippen LogP contribution in [-0.2, 0) is 15.8 Å². The lowest BCUT2D eigenvalue weighted by molar-refractivity contribution is -0.138. The maximum Gasteiger partial charge on any atom is 0.416 e. The molecular formula is C24H23F4N7O4. The maximum atomic E-state index is 13.3. The Hall–Kier alpha value is -4.69. The highest BCUT2D eigenvalue weighted by Gasteiger charge is 2.31. The van der Waals surface area contributed by atoms with Crippen molar-refractivity contribution in [2.24, 2.45) is 4.99 Å². The van der Waals surface area contributed by atoms with Crippen LogP contribution in [0.2, 0.25) is 0 Å². The van der Waals surface area contributed by atoms with Crippen molar-refractivity contribution >= 4 is 40.3 Å². The van der Waals surface area contributed by atoms with Gasteiger partial charge in [-0.05, 0) is 29.8 Å². The lowest BCUT2D eigenvalue weighted by atomic mass is 10.0. The first-order valence-corrected chi connectivity index (χ1v) is 11.6. The van der Waals surface area contributed by atoms with Crippen molar-refractivity contribution in [2.45, 2.75) is 24.8 Å². The summed E-state index contributed by atoms with van der Waals surface area (Å²) >= 11 is 0. The van der Waals surface area contributed by atoms with Crippen LogP contribution in [-0.4, -0.2) is 64.9 Å². The number of hydrogen-bond acceptors (Lipinski definition) is 7. The van der Waals surface area contributed by atoms with Gasteiger partial charge in [-0.3, -0.25) is 19.5 Å². The molecule has 0 radical (unpaired) electrons. The lowest BCUT2D eigenvalue weighted by Crippen LogP contribution is -2.41. The number of benzene rings is 2. The molecule has 4 rings (SSSR count). The van der Waals surface area contributed by atoms with E-state index in [0.717, 1.165) is 18.2 Å². The summed E-state index contributed by atoms with van der Waals surface area (Å²) in [7, 11) is 0. The zero-order valence-electron chi connectivity index (χ0n) is 20.1. The van der Waals surface area contributed by atoms with Crippen molar-refractivity contribution in [3.8, 4) is 0 Å². The third kappa shape index (κ3) is 7.00. The molecule has 39 heavy (non-hydrogen) atoms. The number of carboxylic acid groups (broad SMARTS) is 1. The van der Waals surface area contributed by atoms with Gasteiger partial charge < -0.3 is 26.4 Å². The zero-order valence-corrected chi connectivity index (χ0v) is 20.1. The standard InChI is InChI=1S/C24H23F4N7O4/c25-14-8-30-23(31-9-14)33-15-5-16(17-10-32-35-19(17)6-15)22(39)29-11-20(36)34-18(7-21(37)38)12-2-1-3-13(4-12)24(26,27)28/h1-6,10,14,18H,7-9,11H2,(H,29,39)(H,32,35)(H,34,36)(H,37,38)(H2,30,31,33)/t18-/m0/s1. The number of anilines is 1. The van der Waals surface area contributed by atoms with Gasteiger partial charge in [-0.2, -0.15) is 18.3 Å². The summed E-state index contributed by atoms with van der Waals surface area (Å²) in [6, 6.07) is 5.85. The molecule has 2 heterocycles. The molecule has 3 aromatic rings. The van der Waals surface area contributed by atoms with E-state index in [-0.39, 0.29) is 24.2 Å². The SMILES string of the molecule is O=C(O)C[C@H](NC(=O)CNC(=O)c1cc(NC2=NCC(F)CN2)cc2[nH]ncc12)c1cccc(C(F)(F)F)c1. The van der Waals surface area contributed by atoms with E-state index in [1.807, 2.05) is 0 Å². The minimum atomic E-state index is -4.65. The summed E-state index contributed by atoms with van der Waals surface area (Å²) in [6.07, 6.45) is -5.03. The highest BCUT2D eigenvalue weighted by molar-refractivity contribution is 6.09. The number of carbonyl (C=O) groups excluding carboxylic acids is 2. The van der Waals surface area contributed by atoms with Crippen molar-refractivity contribution in [1.82, 2.24) is 26.1 Å². The second-order valence-corrected chi connectivity index (χ2v) is 8.67. The van der Waals surface area contributed by atoms with Crippen LogP contribution in [0, 0.1) is 0 Å². The van der Waals surface area contributed by atoms with Crippen molar-refractivity contribution in [3.05, 3.63) is 59.3 Å². The van der Waals surface area contributed by atoms with Crippen LogP contribution in [0.5, 0.6) is 0 Å². The molecule has 1 aliphatic rings. The molecule has 0 saturated carbocycles. The fraction of sp³-hybridized carbons (Fsp3) is 0.292. The molecule has 2 aromatic carbocycles. The Morgan fingerprint density at radius 3 is 2.67 bits per heavy atom. The minimum Gasteiger partial charge on any atom is -0.481 e. The molecule has 0 fully saturated rings. The predicted octanol–water partition coefficient (Wildman–Crippen LogP) is 2.35. The van der Waals surface area contributed by atoms with Gasteiger partial charge in [0.15, 0.2) is 5.96 Å². The average Bonchev–Trinajstić information content (AvgIpc) is 3.36. The van der Waals surface area contributed by atoms with Gasteiger partial charge in [0.05, 0.1) is 54.9 Å². The first-order valence-electron chi connectivity index (χ1n) is 11.6. The fourth-order valence-corrected chi connectivity index (χ4v) is 3.91. The van der Waals surface area contributed by atoms with E-state index in [2.05, 4.69) is 36.5 Å². The van der Waals surface area contributed by atoms with Crippen LogP contribution in [0.4, 0.5) is 23.2 Å². The quantitative estimate of drug-likeness (QED) is 0.235. The Balaban J connectivity index is 1.45. The van der Waals surface area contributed by atoms with Crippen LogP contribution >= 0.6 is 0 Å². The Morgan fingerprint density at radius 1 is 1.18 bits per heavy atom. The minimum absolute atomic E-state index is 0.0204. The molecule has 1 aliphatic heterocycles. The number of amides is 2. The van der Waals surface area contributed by atoms with Gasteiger partial charge in [0, 0.05) is 11.1 Å². The number of nitrogens with one attached hydrogen (secondary N) is 5. The molecule has 206 valence electrons. The Kier molecular flexibility index (Phi) is 7.97. The number of fused-ring (bicyclic) bond motifs is 1. The first kappa shape index (κ1) is 27.3. The summed E-state index contributed by atoms with van der Waals surface area (Å²) in [5.74, 6) is -2.51. The molecule has 11 nitrogen and oxygen atoms in total. The monoisotopic (exact) mass is 549 g/mol. The van der Waals surface area contributed by atoms with Crippen molar-refractivity contribution in [2.75, 3.05) is 25.0 Å². The molecule has 0 bridgehead atoms. The number of aromatic nitrogens is 2. The Labute approximate surface area is 218 Å². The van der Waals surface area contributed by atoms with E-state index in [1.165, 1.54) is 18.3 Å². The van der Waals surface area contributed by atoms with E-state index in [0.29, 0.717) is 22.5 Å². The number of aromatic amines is 1. The van der Waals surface area contributed by atoms with Gasteiger partial charge in [0.2, 0.25) is 5.91 Å². The third-order valence-electron chi connectivity index (χ3n) is 5.74. The highest BCUT2D eigenvalue weighted by Crippen LogP contribution is 2.31. The van der Waals surface area contributed by atoms with Gasteiger partial charge in [-0.25, -0.2) is 9.38 Å². The third-order valence-corrected chi connectivity index (χ3v) is 5.74. The van der Waals surface area contributed by atoms with Crippen LogP contribution < -0.4 is 21.3 Å². The maximum absolute atomic E-state index is 13.3. The zero-order chi connectivity index (χ0) is 28.2. The number of alkyl halides is 4. The number of halogens is 4. The Bertz CT molecular complexity index is 1420. The van der Waals surface area contributed by atoms with Gasteiger partial charge in [-0.1, -0.05) is 12.1 Å². The summed E-state index contributed by atoms with van der Waals surface area (Å²) in [6.45, 7) is -0.533. The smallest absolute Gasteiger partial charge is 0.416 e. The topological polar surface area (TPSA) is 161 Å². The number of aliphatic imine (C=N–C) groups is 1. The van der Waals surface area contributed by atoms with E-state index < -0.39 is 54.7 Å². The number of aliphatic carboxylic acids is 1. The van der Waals surface area contributed by atoms with Crippen LogP contribution in [0.15, 0.2) is 47.6 Å². The fourth-order valence-electron chi connectivity index (χ4n) is 3.91. The number of nitrogens with zero attached hydrogens (tertiary/aromatic N) is 2. The van der Waals surface area contributed by atoms with Crippen LogP contribution in [0.1, 0.15) is 33.9 Å².